The first-order valence-corrected chi connectivity index (χ1v) is 6.53. The minimum absolute atomic E-state index is 0.0527. The zero-order valence-corrected chi connectivity index (χ0v) is 11.5. The molecule has 1 rings (SSSR count). The summed E-state index contributed by atoms with van der Waals surface area (Å²) in [4.78, 5) is 0. The standard InChI is InChI=1S/C15H24O3/c1-4-5-10-18-13-8-6-12(7-9-13)14(17)15(2,3)11-16/h6-9,14,16-17H,4-5,10-11H2,1-3H3. The van der Waals surface area contributed by atoms with E-state index in [1.165, 1.54) is 0 Å². The molecule has 1 aromatic rings. The van der Waals surface area contributed by atoms with Gasteiger partial charge in [0.1, 0.15) is 5.75 Å². The van der Waals surface area contributed by atoms with E-state index in [-0.39, 0.29) is 6.61 Å². The highest BCUT2D eigenvalue weighted by Gasteiger charge is 2.28. The molecule has 0 aliphatic rings. The van der Waals surface area contributed by atoms with Crippen molar-refractivity contribution >= 4 is 0 Å². The van der Waals surface area contributed by atoms with Crippen molar-refractivity contribution in [3.05, 3.63) is 29.8 Å². The van der Waals surface area contributed by atoms with E-state index in [1.807, 2.05) is 38.1 Å². The SMILES string of the molecule is CCCCOc1ccc(C(O)C(C)(C)CO)cc1. The van der Waals surface area contributed by atoms with Gasteiger partial charge in [0.2, 0.25) is 0 Å². The molecule has 0 spiro atoms. The van der Waals surface area contributed by atoms with Gasteiger partial charge in [-0.15, -0.1) is 0 Å². The van der Waals surface area contributed by atoms with Gasteiger partial charge in [-0.25, -0.2) is 0 Å². The monoisotopic (exact) mass is 252 g/mol. The number of hydrogen-bond donors (Lipinski definition) is 2. The van der Waals surface area contributed by atoms with Crippen molar-refractivity contribution in [2.24, 2.45) is 5.41 Å². The van der Waals surface area contributed by atoms with E-state index in [1.54, 1.807) is 0 Å². The van der Waals surface area contributed by atoms with Gasteiger partial charge in [0.15, 0.2) is 0 Å². The van der Waals surface area contributed by atoms with Crippen LogP contribution in [0.2, 0.25) is 0 Å². The molecule has 0 saturated carbocycles. The lowest BCUT2D eigenvalue weighted by molar-refractivity contribution is 0.00636. The lowest BCUT2D eigenvalue weighted by Crippen LogP contribution is -2.25. The van der Waals surface area contributed by atoms with Crippen LogP contribution in [-0.2, 0) is 0 Å². The molecular formula is C15H24O3. The smallest absolute Gasteiger partial charge is 0.119 e. The normalized spacial score (nSPS) is 13.4. The van der Waals surface area contributed by atoms with Gasteiger partial charge in [0, 0.05) is 5.41 Å². The fourth-order valence-corrected chi connectivity index (χ4v) is 1.62. The zero-order valence-electron chi connectivity index (χ0n) is 11.5. The van der Waals surface area contributed by atoms with E-state index < -0.39 is 11.5 Å². The molecule has 0 aliphatic carbocycles. The third-order valence-electron chi connectivity index (χ3n) is 3.11. The quantitative estimate of drug-likeness (QED) is 0.734. The maximum Gasteiger partial charge on any atom is 0.119 e. The maximum absolute atomic E-state index is 10.2. The zero-order chi connectivity index (χ0) is 13.6. The van der Waals surface area contributed by atoms with Gasteiger partial charge in [0.05, 0.1) is 19.3 Å². The number of aliphatic hydroxyl groups is 2. The Morgan fingerprint density at radius 1 is 1.22 bits per heavy atom. The van der Waals surface area contributed by atoms with Crippen molar-refractivity contribution in [3.63, 3.8) is 0 Å². The van der Waals surface area contributed by atoms with Gasteiger partial charge in [0.25, 0.3) is 0 Å². The Morgan fingerprint density at radius 3 is 2.33 bits per heavy atom. The summed E-state index contributed by atoms with van der Waals surface area (Å²) in [5, 5.41) is 19.4. The highest BCUT2D eigenvalue weighted by atomic mass is 16.5. The summed E-state index contributed by atoms with van der Waals surface area (Å²) < 4.78 is 5.56. The fourth-order valence-electron chi connectivity index (χ4n) is 1.62. The van der Waals surface area contributed by atoms with E-state index in [2.05, 4.69) is 6.92 Å². The van der Waals surface area contributed by atoms with Crippen LogP contribution in [0.5, 0.6) is 5.75 Å². The van der Waals surface area contributed by atoms with Crippen molar-refractivity contribution in [3.8, 4) is 5.75 Å². The van der Waals surface area contributed by atoms with Crippen LogP contribution in [0.15, 0.2) is 24.3 Å². The molecule has 0 bridgehead atoms. The molecule has 102 valence electrons. The molecule has 0 heterocycles. The molecule has 1 unspecified atom stereocenters. The number of hydrogen-bond acceptors (Lipinski definition) is 3. The first kappa shape index (κ1) is 15.0. The molecule has 18 heavy (non-hydrogen) atoms. The minimum Gasteiger partial charge on any atom is -0.494 e. The van der Waals surface area contributed by atoms with Crippen LogP contribution >= 0.6 is 0 Å². The predicted molar refractivity (Wildman–Crippen MR) is 72.7 cm³/mol. The molecule has 3 nitrogen and oxygen atoms in total. The van der Waals surface area contributed by atoms with Crippen molar-refractivity contribution in [1.82, 2.24) is 0 Å². The van der Waals surface area contributed by atoms with Crippen molar-refractivity contribution in [2.45, 2.75) is 39.7 Å². The Labute approximate surface area is 109 Å². The van der Waals surface area contributed by atoms with Crippen molar-refractivity contribution < 1.29 is 14.9 Å². The maximum atomic E-state index is 10.2. The molecule has 1 aromatic carbocycles. The summed E-state index contributed by atoms with van der Waals surface area (Å²) in [6.07, 6.45) is 1.48. The second kappa shape index (κ2) is 6.76. The van der Waals surface area contributed by atoms with Crippen LogP contribution in [0.25, 0.3) is 0 Å². The summed E-state index contributed by atoms with van der Waals surface area (Å²) in [5.74, 6) is 0.821. The second-order valence-corrected chi connectivity index (χ2v) is 5.32. The number of aliphatic hydroxyl groups excluding tert-OH is 2. The van der Waals surface area contributed by atoms with E-state index in [9.17, 15) is 10.2 Å². The molecule has 3 heteroatoms. The van der Waals surface area contributed by atoms with Crippen molar-refractivity contribution in [2.75, 3.05) is 13.2 Å². The van der Waals surface area contributed by atoms with Gasteiger partial charge in [-0.1, -0.05) is 39.3 Å². The Morgan fingerprint density at radius 2 is 1.83 bits per heavy atom. The van der Waals surface area contributed by atoms with Gasteiger partial charge in [-0.2, -0.15) is 0 Å². The second-order valence-electron chi connectivity index (χ2n) is 5.32. The highest BCUT2D eigenvalue weighted by molar-refractivity contribution is 5.29. The molecule has 1 atom stereocenters. The van der Waals surface area contributed by atoms with Crippen LogP contribution in [0.3, 0.4) is 0 Å². The third-order valence-corrected chi connectivity index (χ3v) is 3.11. The van der Waals surface area contributed by atoms with Crippen LogP contribution in [-0.4, -0.2) is 23.4 Å². The van der Waals surface area contributed by atoms with Crippen LogP contribution < -0.4 is 4.74 Å². The Hall–Kier alpha value is -1.06. The molecule has 0 amide bonds. The Balaban J connectivity index is 2.65. The van der Waals surface area contributed by atoms with Gasteiger partial charge in [-0.3, -0.25) is 0 Å². The predicted octanol–water partition coefficient (Wildman–Crippen LogP) is 2.92. The molecule has 2 N–H and O–H groups in total. The lowest BCUT2D eigenvalue weighted by Gasteiger charge is -2.28. The van der Waals surface area contributed by atoms with E-state index in [4.69, 9.17) is 4.74 Å². The number of benzene rings is 1. The van der Waals surface area contributed by atoms with Gasteiger partial charge in [-0.05, 0) is 24.1 Å². The average molecular weight is 252 g/mol. The fraction of sp³-hybridized carbons (Fsp3) is 0.600. The molecule has 0 saturated heterocycles. The third kappa shape index (κ3) is 4.00. The molecular weight excluding hydrogens is 228 g/mol. The van der Waals surface area contributed by atoms with Gasteiger partial charge >= 0.3 is 0 Å². The number of unbranched alkanes of at least 4 members (excludes halogenated alkanes) is 1. The molecule has 0 aliphatic heterocycles. The molecule has 0 fully saturated rings. The Kier molecular flexibility index (Phi) is 5.63. The summed E-state index contributed by atoms with van der Waals surface area (Å²) in [5.41, 5.74) is 0.266. The van der Waals surface area contributed by atoms with Crippen LogP contribution in [0.4, 0.5) is 0 Å². The number of ether oxygens (including phenoxy) is 1. The summed E-state index contributed by atoms with van der Waals surface area (Å²) >= 11 is 0. The topological polar surface area (TPSA) is 49.7 Å². The molecule has 0 radical (unpaired) electrons. The summed E-state index contributed by atoms with van der Waals surface area (Å²) in [7, 11) is 0. The number of rotatable bonds is 7. The average Bonchev–Trinajstić information content (AvgIpc) is 2.39. The first-order valence-electron chi connectivity index (χ1n) is 6.53. The largest absolute Gasteiger partial charge is 0.494 e. The minimum atomic E-state index is -0.674. The van der Waals surface area contributed by atoms with Crippen LogP contribution in [0, 0.1) is 5.41 Å². The van der Waals surface area contributed by atoms with Crippen molar-refractivity contribution in [1.29, 1.82) is 0 Å². The first-order chi connectivity index (χ1) is 8.51. The van der Waals surface area contributed by atoms with E-state index >= 15 is 0 Å². The van der Waals surface area contributed by atoms with Gasteiger partial charge < -0.3 is 14.9 Å². The van der Waals surface area contributed by atoms with E-state index in [0.717, 1.165) is 30.8 Å². The Bertz CT molecular complexity index is 343. The lowest BCUT2D eigenvalue weighted by atomic mass is 9.83. The summed E-state index contributed by atoms with van der Waals surface area (Å²) in [6.45, 7) is 6.47. The summed E-state index contributed by atoms with van der Waals surface area (Å²) in [6, 6.07) is 7.43. The highest BCUT2D eigenvalue weighted by Crippen LogP contribution is 2.33. The molecule has 0 aromatic heterocycles. The van der Waals surface area contributed by atoms with E-state index in [0.29, 0.717) is 0 Å². The van der Waals surface area contributed by atoms with Crippen LogP contribution in [0.1, 0.15) is 45.3 Å².